The van der Waals surface area contributed by atoms with Crippen molar-refractivity contribution in [2.24, 2.45) is 10.4 Å². The number of allylic oxidation sites excluding steroid dienone is 2. The van der Waals surface area contributed by atoms with Crippen molar-refractivity contribution >= 4 is 23.2 Å². The van der Waals surface area contributed by atoms with Gasteiger partial charge in [-0.3, -0.25) is 19.5 Å². The number of aliphatic imine (C=N–C) groups is 1. The van der Waals surface area contributed by atoms with Gasteiger partial charge in [0.05, 0.1) is 29.2 Å². The first-order valence-corrected chi connectivity index (χ1v) is 17.1. The van der Waals surface area contributed by atoms with Crippen LogP contribution >= 0.6 is 0 Å². The first kappa shape index (κ1) is 40.7. The van der Waals surface area contributed by atoms with Gasteiger partial charge < -0.3 is 24.8 Å². The van der Waals surface area contributed by atoms with E-state index in [9.17, 15) is 41.0 Å². The number of carbonyl (C=O) groups excluding carboxylic acids is 2. The lowest BCUT2D eigenvalue weighted by Crippen LogP contribution is -2.52. The van der Waals surface area contributed by atoms with Gasteiger partial charge in [-0.05, 0) is 64.0 Å². The quantitative estimate of drug-likeness (QED) is 0.149. The van der Waals surface area contributed by atoms with Gasteiger partial charge in [0.1, 0.15) is 17.9 Å². The minimum atomic E-state index is -4.92. The van der Waals surface area contributed by atoms with Gasteiger partial charge in [-0.2, -0.15) is 30.7 Å². The molecule has 0 radical (unpaired) electrons. The molecule has 1 saturated carbocycles. The molecule has 0 unspecified atom stereocenters. The molecule has 0 bridgehead atoms. The van der Waals surface area contributed by atoms with Crippen LogP contribution in [0.5, 0.6) is 5.75 Å². The molecular weight excluding hydrogens is 732 g/mol. The first-order valence-electron chi connectivity index (χ1n) is 17.1. The predicted octanol–water partition coefficient (Wildman–Crippen LogP) is 7.36. The average molecular weight is 773 g/mol. The maximum Gasteiger partial charge on any atom is 0.416 e. The van der Waals surface area contributed by atoms with Crippen molar-refractivity contribution in [2.45, 2.75) is 64.5 Å². The summed E-state index contributed by atoms with van der Waals surface area (Å²) in [6, 6.07) is 4.34. The zero-order chi connectivity index (χ0) is 39.8. The molecule has 2 aromatic rings. The van der Waals surface area contributed by atoms with E-state index < -0.39 is 87.2 Å². The Morgan fingerprint density at radius 2 is 1.78 bits per heavy atom. The van der Waals surface area contributed by atoms with Crippen LogP contribution in [-0.4, -0.2) is 90.7 Å². The van der Waals surface area contributed by atoms with Gasteiger partial charge in [-0.25, -0.2) is 4.39 Å². The van der Waals surface area contributed by atoms with Gasteiger partial charge in [-0.1, -0.05) is 12.5 Å². The molecule has 2 aromatic carbocycles. The number of hydrogen-bond donors (Lipinski definition) is 2. The van der Waals surface area contributed by atoms with Gasteiger partial charge in [0, 0.05) is 61.9 Å². The molecule has 2 heterocycles. The third-order valence-corrected chi connectivity index (χ3v) is 9.84. The lowest BCUT2D eigenvalue weighted by molar-refractivity contribution is -0.138. The van der Waals surface area contributed by atoms with Crippen LogP contribution in [0, 0.1) is 17.0 Å². The average Bonchev–Trinajstić information content (AvgIpc) is 3.06. The van der Waals surface area contributed by atoms with Crippen LogP contribution in [0.15, 0.2) is 58.3 Å². The number of aliphatic hydroxyl groups is 1. The van der Waals surface area contributed by atoms with Gasteiger partial charge in [0.2, 0.25) is 5.82 Å². The number of ether oxygens (including phenoxy) is 2. The maximum absolute atomic E-state index is 15.4. The van der Waals surface area contributed by atoms with Gasteiger partial charge in [0.25, 0.3) is 11.8 Å². The molecule has 0 aromatic heterocycles. The second-order valence-electron chi connectivity index (χ2n) is 14.2. The number of morpholine rings is 1. The normalized spacial score (nSPS) is 19.6. The van der Waals surface area contributed by atoms with Gasteiger partial charge in [-0.15, -0.1) is 0 Å². The molecular formula is C37H40F8N4O5. The lowest BCUT2D eigenvalue weighted by atomic mass is 9.64. The number of anilines is 1. The maximum atomic E-state index is 15.4. The van der Waals surface area contributed by atoms with E-state index in [-0.39, 0.29) is 30.1 Å². The minimum Gasteiger partial charge on any atom is -0.511 e. The number of halogens is 8. The molecule has 17 heteroatoms. The van der Waals surface area contributed by atoms with Crippen molar-refractivity contribution in [2.75, 3.05) is 51.8 Å². The Labute approximate surface area is 306 Å². The Bertz CT molecular complexity index is 1880. The number of nitrogens with zero attached hydrogens (tertiary/aromatic N) is 3. The predicted molar refractivity (Wildman–Crippen MR) is 182 cm³/mol. The highest BCUT2D eigenvalue weighted by molar-refractivity contribution is 6.25. The van der Waals surface area contributed by atoms with E-state index in [1.54, 1.807) is 0 Å². The molecule has 0 atom stereocenters. The fraction of sp³-hybridized carbons (Fsp3) is 0.486. The largest absolute Gasteiger partial charge is 0.511 e. The van der Waals surface area contributed by atoms with E-state index in [0.29, 0.717) is 70.6 Å². The van der Waals surface area contributed by atoms with E-state index in [1.807, 2.05) is 13.8 Å². The molecule has 5 rings (SSSR count). The van der Waals surface area contributed by atoms with E-state index in [1.165, 1.54) is 12.1 Å². The molecule has 294 valence electrons. The van der Waals surface area contributed by atoms with Gasteiger partial charge >= 0.3 is 12.4 Å². The summed E-state index contributed by atoms with van der Waals surface area (Å²) in [6.07, 6.45) is -8.01. The molecule has 2 aliphatic heterocycles. The monoisotopic (exact) mass is 772 g/mol. The smallest absolute Gasteiger partial charge is 0.416 e. The molecule has 9 nitrogen and oxygen atoms in total. The third kappa shape index (κ3) is 8.72. The zero-order valence-corrected chi connectivity index (χ0v) is 30.0. The summed E-state index contributed by atoms with van der Waals surface area (Å²) >= 11 is 0. The molecule has 2 amide bonds. The van der Waals surface area contributed by atoms with Crippen LogP contribution in [0.4, 0.5) is 40.8 Å². The first-order chi connectivity index (χ1) is 25.2. The van der Waals surface area contributed by atoms with Crippen LogP contribution in [0.1, 0.15) is 56.7 Å². The molecule has 2 fully saturated rings. The van der Waals surface area contributed by atoms with Crippen molar-refractivity contribution in [1.82, 2.24) is 9.80 Å². The fourth-order valence-electron chi connectivity index (χ4n) is 6.74. The van der Waals surface area contributed by atoms with Crippen molar-refractivity contribution in [3.63, 3.8) is 0 Å². The van der Waals surface area contributed by atoms with Crippen LogP contribution in [0.25, 0.3) is 0 Å². The molecule has 1 saturated heterocycles. The standard InChI is InChI=1S/C37H40F8N4O5/c1-21(36(40,41)42)16-26(46-4)24-17-23(37(43,44)45)7-8-25(24)47-32(51)28-31(50)35(10-5-11-35)20-49(33(28)52)18-22-6-9-27(30(39)29(22)38)53-14-12-48-13-15-54-34(2,3)19-48/h6-9,16-17,50H,5,10-15,18-20H2,1-4H3,(H,47,51)/b21-16+,46-26?. The summed E-state index contributed by atoms with van der Waals surface area (Å²) in [5.74, 6) is -5.86. The van der Waals surface area contributed by atoms with Crippen molar-refractivity contribution < 1.29 is 59.3 Å². The lowest BCUT2D eigenvalue weighted by Gasteiger charge is -2.48. The van der Waals surface area contributed by atoms with Crippen molar-refractivity contribution in [3.8, 4) is 5.75 Å². The second-order valence-corrected chi connectivity index (χ2v) is 14.2. The fourth-order valence-corrected chi connectivity index (χ4v) is 6.74. The Balaban J connectivity index is 1.39. The Kier molecular flexibility index (Phi) is 11.5. The SMILES string of the molecule is CN=C(/C=C(\C)C(F)(F)F)c1cc(C(F)(F)F)ccc1NC(=O)C1=C(O)C2(CCC2)CN(Cc2ccc(OCCN3CCOC(C)(C)C3)c(F)c2F)C1=O. The number of benzene rings is 2. The summed E-state index contributed by atoms with van der Waals surface area (Å²) in [6.45, 7) is 6.20. The third-order valence-electron chi connectivity index (χ3n) is 9.84. The van der Waals surface area contributed by atoms with Crippen LogP contribution in [-0.2, 0) is 27.0 Å². The number of amides is 2. The summed E-state index contributed by atoms with van der Waals surface area (Å²) in [7, 11) is 1.05. The second kappa shape index (κ2) is 15.3. The van der Waals surface area contributed by atoms with E-state index in [2.05, 4.69) is 15.2 Å². The van der Waals surface area contributed by atoms with Crippen LogP contribution in [0.2, 0.25) is 0 Å². The highest BCUT2D eigenvalue weighted by atomic mass is 19.4. The number of alkyl halides is 6. The van der Waals surface area contributed by atoms with E-state index >= 15 is 8.78 Å². The van der Waals surface area contributed by atoms with E-state index in [0.717, 1.165) is 18.0 Å². The minimum absolute atomic E-state index is 0.0614. The topological polar surface area (TPSA) is 104 Å². The van der Waals surface area contributed by atoms with E-state index in [4.69, 9.17) is 9.47 Å². The Morgan fingerprint density at radius 1 is 1.07 bits per heavy atom. The molecule has 1 spiro atoms. The van der Waals surface area contributed by atoms with Gasteiger partial charge in [0.15, 0.2) is 11.6 Å². The summed E-state index contributed by atoms with van der Waals surface area (Å²) in [5.41, 5.74) is -6.51. The Hall–Kier alpha value is -4.51. The highest BCUT2D eigenvalue weighted by Crippen LogP contribution is 2.50. The number of aliphatic hydroxyl groups excluding tert-OH is 1. The highest BCUT2D eigenvalue weighted by Gasteiger charge is 2.51. The van der Waals surface area contributed by atoms with Crippen molar-refractivity contribution in [1.29, 1.82) is 0 Å². The van der Waals surface area contributed by atoms with Crippen molar-refractivity contribution in [3.05, 3.63) is 81.6 Å². The summed E-state index contributed by atoms with van der Waals surface area (Å²) in [5, 5.41) is 13.5. The molecule has 54 heavy (non-hydrogen) atoms. The number of nitrogens with one attached hydrogen (secondary N) is 1. The summed E-state index contributed by atoms with van der Waals surface area (Å²) < 4.78 is 123. The number of rotatable bonds is 10. The van der Waals surface area contributed by atoms with Crippen LogP contribution in [0.3, 0.4) is 0 Å². The molecule has 2 N–H and O–H groups in total. The van der Waals surface area contributed by atoms with Crippen LogP contribution < -0.4 is 10.1 Å². The zero-order valence-electron chi connectivity index (χ0n) is 30.0. The summed E-state index contributed by atoms with van der Waals surface area (Å²) in [4.78, 5) is 34.4. The Morgan fingerprint density at radius 3 is 2.37 bits per heavy atom. The number of hydrogen-bond acceptors (Lipinski definition) is 7. The molecule has 1 aliphatic carbocycles. The molecule has 3 aliphatic rings. The number of carbonyl (C=O) groups is 2.